The van der Waals surface area contributed by atoms with Gasteiger partial charge < -0.3 is 0 Å². The zero-order valence-electron chi connectivity index (χ0n) is 16.4. The standard InChI is InChI=1S/C26H26Si/c1-18-14-19(2)16-22(15-18)24-17-20(3)25(21-10-6-4-7-11-21)26(24)27-23-12-8-5-9-13-23/h4-16H,17,27H2,1-3H3. The minimum Gasteiger partial charge on any atom is -0.0633 e. The van der Waals surface area contributed by atoms with E-state index in [1.807, 2.05) is 0 Å². The Morgan fingerprint density at radius 2 is 1.26 bits per heavy atom. The number of hydrogen-bond donors (Lipinski definition) is 0. The van der Waals surface area contributed by atoms with E-state index in [4.69, 9.17) is 0 Å². The molecule has 0 fully saturated rings. The fraction of sp³-hybridized carbons (Fsp3) is 0.154. The van der Waals surface area contributed by atoms with Crippen LogP contribution in [-0.4, -0.2) is 9.52 Å². The van der Waals surface area contributed by atoms with Crippen molar-refractivity contribution in [1.82, 2.24) is 0 Å². The Labute approximate surface area is 165 Å². The topological polar surface area (TPSA) is 0 Å². The lowest BCUT2D eigenvalue weighted by atomic mass is 9.99. The predicted octanol–water partition coefficient (Wildman–Crippen LogP) is 5.39. The Hall–Kier alpha value is -2.64. The van der Waals surface area contributed by atoms with E-state index < -0.39 is 9.52 Å². The van der Waals surface area contributed by atoms with Crippen LogP contribution in [0.15, 0.2) is 89.6 Å². The second-order valence-corrected chi connectivity index (χ2v) is 9.57. The smallest absolute Gasteiger partial charge is 0.0633 e. The first-order chi connectivity index (χ1) is 13.1. The van der Waals surface area contributed by atoms with Gasteiger partial charge in [0.2, 0.25) is 0 Å². The molecule has 1 heteroatoms. The minimum atomic E-state index is -0.552. The van der Waals surface area contributed by atoms with Crippen LogP contribution in [0.1, 0.15) is 35.6 Å². The van der Waals surface area contributed by atoms with E-state index in [-0.39, 0.29) is 0 Å². The van der Waals surface area contributed by atoms with Gasteiger partial charge in [0.25, 0.3) is 0 Å². The average molecular weight is 367 g/mol. The summed E-state index contributed by atoms with van der Waals surface area (Å²) in [5.41, 5.74) is 10.0. The number of allylic oxidation sites excluding steroid dienone is 4. The highest BCUT2D eigenvalue weighted by Crippen LogP contribution is 2.42. The van der Waals surface area contributed by atoms with Gasteiger partial charge in [0.1, 0.15) is 0 Å². The summed E-state index contributed by atoms with van der Waals surface area (Å²) in [7, 11) is -0.552. The second-order valence-electron chi connectivity index (χ2n) is 7.69. The Balaban J connectivity index is 1.88. The van der Waals surface area contributed by atoms with Gasteiger partial charge in [0, 0.05) is 0 Å². The zero-order chi connectivity index (χ0) is 18.8. The summed E-state index contributed by atoms with van der Waals surface area (Å²) in [5, 5.41) is 3.13. The Kier molecular flexibility index (Phi) is 4.96. The van der Waals surface area contributed by atoms with E-state index in [1.54, 1.807) is 10.8 Å². The molecule has 0 bridgehead atoms. The molecule has 27 heavy (non-hydrogen) atoms. The van der Waals surface area contributed by atoms with Crippen molar-refractivity contribution in [3.05, 3.63) is 112 Å². The van der Waals surface area contributed by atoms with Crippen LogP contribution in [0, 0.1) is 13.8 Å². The molecule has 0 N–H and O–H groups in total. The molecule has 0 saturated heterocycles. The van der Waals surface area contributed by atoms with Crippen molar-refractivity contribution in [3.63, 3.8) is 0 Å². The number of aryl methyl sites for hydroxylation is 2. The van der Waals surface area contributed by atoms with Crippen LogP contribution in [0.2, 0.25) is 0 Å². The molecule has 0 saturated carbocycles. The van der Waals surface area contributed by atoms with Crippen molar-refractivity contribution >= 4 is 25.9 Å². The van der Waals surface area contributed by atoms with Crippen LogP contribution >= 0.6 is 0 Å². The predicted molar refractivity (Wildman–Crippen MR) is 121 cm³/mol. The highest BCUT2D eigenvalue weighted by molar-refractivity contribution is 6.66. The summed E-state index contributed by atoms with van der Waals surface area (Å²) in [6, 6.07) is 29.0. The molecule has 0 radical (unpaired) electrons. The van der Waals surface area contributed by atoms with E-state index >= 15 is 0 Å². The van der Waals surface area contributed by atoms with Gasteiger partial charge in [-0.25, -0.2) is 0 Å². The number of rotatable bonds is 4. The SMILES string of the molecule is CC1=C(c2ccccc2)C([SiH2]c2ccccc2)=C(c2cc(C)cc(C)c2)C1. The molecule has 1 aliphatic carbocycles. The molecular formula is C26H26Si. The van der Waals surface area contributed by atoms with Gasteiger partial charge in [-0.15, -0.1) is 0 Å². The lowest BCUT2D eigenvalue weighted by Crippen LogP contribution is -2.17. The van der Waals surface area contributed by atoms with Crippen molar-refractivity contribution in [2.45, 2.75) is 27.2 Å². The third-order valence-electron chi connectivity index (χ3n) is 5.39. The quantitative estimate of drug-likeness (QED) is 0.543. The molecule has 1 aliphatic rings. The molecule has 3 aromatic carbocycles. The van der Waals surface area contributed by atoms with Crippen LogP contribution in [0.3, 0.4) is 0 Å². The molecule has 134 valence electrons. The highest BCUT2D eigenvalue weighted by atomic mass is 28.2. The Bertz CT molecular complexity index is 1000. The number of hydrogen-bond acceptors (Lipinski definition) is 0. The van der Waals surface area contributed by atoms with E-state index in [9.17, 15) is 0 Å². The van der Waals surface area contributed by atoms with Crippen molar-refractivity contribution < 1.29 is 0 Å². The summed E-state index contributed by atoms with van der Waals surface area (Å²) in [5.74, 6) is 0. The van der Waals surface area contributed by atoms with Crippen LogP contribution in [0.5, 0.6) is 0 Å². The molecule has 0 heterocycles. The molecule has 0 nitrogen and oxygen atoms in total. The van der Waals surface area contributed by atoms with Crippen molar-refractivity contribution in [2.75, 3.05) is 0 Å². The van der Waals surface area contributed by atoms with Gasteiger partial charge in [-0.2, -0.15) is 0 Å². The summed E-state index contributed by atoms with van der Waals surface area (Å²) in [6.45, 7) is 6.73. The van der Waals surface area contributed by atoms with Gasteiger partial charge in [0.15, 0.2) is 0 Å². The fourth-order valence-corrected chi connectivity index (χ4v) is 6.46. The first-order valence-corrected chi connectivity index (χ1v) is 11.1. The zero-order valence-corrected chi connectivity index (χ0v) is 17.8. The summed E-state index contributed by atoms with van der Waals surface area (Å²) in [6.07, 6.45) is 1.07. The largest absolute Gasteiger partial charge is 0.0887 e. The van der Waals surface area contributed by atoms with Crippen molar-refractivity contribution in [3.8, 4) is 0 Å². The fourth-order valence-electron chi connectivity index (χ4n) is 4.31. The summed E-state index contributed by atoms with van der Waals surface area (Å²) >= 11 is 0. The molecular weight excluding hydrogens is 340 g/mol. The molecule has 0 aliphatic heterocycles. The maximum atomic E-state index is 2.36. The molecule has 0 unspecified atom stereocenters. The van der Waals surface area contributed by atoms with E-state index in [1.165, 1.54) is 38.6 Å². The summed E-state index contributed by atoms with van der Waals surface area (Å²) < 4.78 is 0. The van der Waals surface area contributed by atoms with Gasteiger partial charge >= 0.3 is 0 Å². The minimum absolute atomic E-state index is 0.552. The second kappa shape index (κ2) is 7.54. The maximum absolute atomic E-state index is 2.36. The molecule has 0 spiro atoms. The van der Waals surface area contributed by atoms with Crippen molar-refractivity contribution in [1.29, 1.82) is 0 Å². The maximum Gasteiger partial charge on any atom is 0.0887 e. The molecule has 0 atom stereocenters. The van der Waals surface area contributed by atoms with Crippen LogP contribution < -0.4 is 5.19 Å². The van der Waals surface area contributed by atoms with E-state index in [0.29, 0.717) is 0 Å². The lowest BCUT2D eigenvalue weighted by Gasteiger charge is -2.14. The van der Waals surface area contributed by atoms with Gasteiger partial charge in [-0.3, -0.25) is 0 Å². The highest BCUT2D eigenvalue weighted by Gasteiger charge is 2.24. The first kappa shape index (κ1) is 17.8. The monoisotopic (exact) mass is 366 g/mol. The lowest BCUT2D eigenvalue weighted by molar-refractivity contribution is 1.25. The third-order valence-corrected chi connectivity index (χ3v) is 7.40. The van der Waals surface area contributed by atoms with Gasteiger partial charge in [0.05, 0.1) is 9.52 Å². The van der Waals surface area contributed by atoms with E-state index in [2.05, 4.69) is 99.6 Å². The average Bonchev–Trinajstić information content (AvgIpc) is 2.98. The molecule has 3 aromatic rings. The third kappa shape index (κ3) is 3.74. The summed E-state index contributed by atoms with van der Waals surface area (Å²) in [4.78, 5) is 0. The van der Waals surface area contributed by atoms with Crippen molar-refractivity contribution in [2.24, 2.45) is 0 Å². The van der Waals surface area contributed by atoms with Gasteiger partial charge in [-0.1, -0.05) is 101 Å². The number of benzene rings is 3. The molecule has 0 amide bonds. The molecule has 4 rings (SSSR count). The van der Waals surface area contributed by atoms with Gasteiger partial charge in [-0.05, 0) is 54.7 Å². The van der Waals surface area contributed by atoms with Crippen LogP contribution in [0.25, 0.3) is 11.1 Å². The van der Waals surface area contributed by atoms with Crippen LogP contribution in [-0.2, 0) is 0 Å². The molecule has 0 aromatic heterocycles. The van der Waals surface area contributed by atoms with Crippen LogP contribution in [0.4, 0.5) is 0 Å². The Morgan fingerprint density at radius 3 is 1.89 bits per heavy atom. The normalized spacial score (nSPS) is 14.6. The van der Waals surface area contributed by atoms with E-state index in [0.717, 1.165) is 6.42 Å². The Morgan fingerprint density at radius 1 is 0.667 bits per heavy atom. The first-order valence-electron chi connectivity index (χ1n) is 9.72.